The second kappa shape index (κ2) is 9.04. The van der Waals surface area contributed by atoms with Gasteiger partial charge in [-0.25, -0.2) is 4.98 Å². The van der Waals surface area contributed by atoms with Crippen molar-refractivity contribution >= 4 is 23.3 Å². The first-order valence-corrected chi connectivity index (χ1v) is 9.94. The van der Waals surface area contributed by atoms with E-state index in [0.29, 0.717) is 5.89 Å². The number of para-hydroxylation sites is 2. The molecule has 0 N–H and O–H groups in total. The molecular formula is C23H27N3O2. The Morgan fingerprint density at radius 2 is 1.89 bits per heavy atom. The summed E-state index contributed by atoms with van der Waals surface area (Å²) < 4.78 is 11.7. The van der Waals surface area contributed by atoms with Crippen LogP contribution in [0.4, 0.5) is 0 Å². The number of nitrogens with zero attached hydrogens (tertiary/aromatic N) is 3. The van der Waals surface area contributed by atoms with Crippen LogP contribution >= 0.6 is 0 Å². The van der Waals surface area contributed by atoms with E-state index in [1.807, 2.05) is 48.6 Å². The highest BCUT2D eigenvalue weighted by Gasteiger charge is 2.12. The maximum atomic E-state index is 5.95. The summed E-state index contributed by atoms with van der Waals surface area (Å²) >= 11 is 0. The molecule has 0 bridgehead atoms. The summed E-state index contributed by atoms with van der Waals surface area (Å²) in [4.78, 5) is 9.37. The number of rotatable bonds is 7. The molecule has 1 fully saturated rings. The van der Waals surface area contributed by atoms with Crippen molar-refractivity contribution in [2.75, 3.05) is 46.4 Å². The molecule has 0 spiro atoms. The van der Waals surface area contributed by atoms with Crippen LogP contribution in [0.1, 0.15) is 17.9 Å². The van der Waals surface area contributed by atoms with Gasteiger partial charge in [-0.2, -0.15) is 0 Å². The molecule has 4 rings (SSSR count). The molecular weight excluding hydrogens is 350 g/mol. The molecule has 3 aromatic rings. The zero-order valence-electron chi connectivity index (χ0n) is 16.4. The normalized spacial score (nSPS) is 16.2. The van der Waals surface area contributed by atoms with Crippen molar-refractivity contribution in [2.24, 2.45) is 0 Å². The highest BCUT2D eigenvalue weighted by atomic mass is 16.5. The van der Waals surface area contributed by atoms with Crippen molar-refractivity contribution in [3.63, 3.8) is 0 Å². The standard InChI is InChI=1S/C23H27N3O2/c1-25-13-15-26(16-14-25)12-5-17-27-20-7-4-6-19(18-20)10-11-23-24-21-8-2-3-9-22(21)28-23/h2-4,6-11,18H,5,12-17H2,1H3/b11-10+. The first-order valence-electron chi connectivity index (χ1n) is 9.94. The van der Waals surface area contributed by atoms with Gasteiger partial charge in [0.25, 0.3) is 0 Å². The Labute approximate surface area is 166 Å². The fourth-order valence-electron chi connectivity index (χ4n) is 3.39. The molecule has 1 saturated heterocycles. The lowest BCUT2D eigenvalue weighted by Gasteiger charge is -2.32. The van der Waals surface area contributed by atoms with Gasteiger partial charge in [0.15, 0.2) is 5.58 Å². The second-order valence-corrected chi connectivity index (χ2v) is 7.27. The second-order valence-electron chi connectivity index (χ2n) is 7.27. The minimum absolute atomic E-state index is 0.611. The van der Waals surface area contributed by atoms with Crippen molar-refractivity contribution in [1.82, 2.24) is 14.8 Å². The lowest BCUT2D eigenvalue weighted by molar-refractivity contribution is 0.145. The average molecular weight is 377 g/mol. The molecule has 0 unspecified atom stereocenters. The number of oxazole rings is 1. The van der Waals surface area contributed by atoms with Crippen LogP contribution in [0.5, 0.6) is 5.75 Å². The van der Waals surface area contributed by atoms with Crippen LogP contribution in [0, 0.1) is 0 Å². The van der Waals surface area contributed by atoms with E-state index >= 15 is 0 Å². The summed E-state index contributed by atoms with van der Waals surface area (Å²) in [5.41, 5.74) is 2.75. The summed E-state index contributed by atoms with van der Waals surface area (Å²) in [6, 6.07) is 15.9. The fraction of sp³-hybridized carbons (Fsp3) is 0.348. The van der Waals surface area contributed by atoms with E-state index < -0.39 is 0 Å². The fourth-order valence-corrected chi connectivity index (χ4v) is 3.39. The number of benzene rings is 2. The molecule has 0 saturated carbocycles. The number of hydrogen-bond acceptors (Lipinski definition) is 5. The molecule has 2 aromatic carbocycles. The zero-order chi connectivity index (χ0) is 19.2. The van der Waals surface area contributed by atoms with E-state index in [-0.39, 0.29) is 0 Å². The van der Waals surface area contributed by atoms with Gasteiger partial charge in [0, 0.05) is 38.8 Å². The van der Waals surface area contributed by atoms with E-state index in [2.05, 4.69) is 34.0 Å². The molecule has 1 aliphatic heterocycles. The molecule has 5 heteroatoms. The predicted molar refractivity (Wildman–Crippen MR) is 113 cm³/mol. The molecule has 146 valence electrons. The Morgan fingerprint density at radius 1 is 1.04 bits per heavy atom. The van der Waals surface area contributed by atoms with Gasteiger partial charge in [0.1, 0.15) is 11.3 Å². The topological polar surface area (TPSA) is 41.7 Å². The summed E-state index contributed by atoms with van der Waals surface area (Å²) in [6.07, 6.45) is 4.95. The highest BCUT2D eigenvalue weighted by molar-refractivity contribution is 5.76. The van der Waals surface area contributed by atoms with E-state index in [0.717, 1.165) is 68.2 Å². The number of hydrogen-bond donors (Lipinski definition) is 0. The third-order valence-corrected chi connectivity index (χ3v) is 5.07. The molecule has 1 aromatic heterocycles. The van der Waals surface area contributed by atoms with Crippen LogP contribution in [-0.2, 0) is 0 Å². The molecule has 5 nitrogen and oxygen atoms in total. The number of fused-ring (bicyclic) bond motifs is 1. The zero-order valence-corrected chi connectivity index (χ0v) is 16.4. The van der Waals surface area contributed by atoms with Crippen molar-refractivity contribution in [3.8, 4) is 5.75 Å². The molecule has 0 radical (unpaired) electrons. The Balaban J connectivity index is 1.28. The number of aromatic nitrogens is 1. The largest absolute Gasteiger partial charge is 0.494 e. The summed E-state index contributed by atoms with van der Waals surface area (Å²) in [5, 5.41) is 0. The van der Waals surface area contributed by atoms with Gasteiger partial charge in [-0.1, -0.05) is 24.3 Å². The average Bonchev–Trinajstić information content (AvgIpc) is 3.14. The lowest BCUT2D eigenvalue weighted by atomic mass is 10.2. The van der Waals surface area contributed by atoms with Gasteiger partial charge in [0.05, 0.1) is 6.61 Å². The quantitative estimate of drug-likeness (QED) is 0.582. The van der Waals surface area contributed by atoms with Crippen LogP contribution in [-0.4, -0.2) is 61.2 Å². The van der Waals surface area contributed by atoms with E-state index in [4.69, 9.17) is 9.15 Å². The maximum Gasteiger partial charge on any atom is 0.220 e. The predicted octanol–water partition coefficient (Wildman–Crippen LogP) is 4.01. The maximum absolute atomic E-state index is 5.95. The van der Waals surface area contributed by atoms with Crippen LogP contribution in [0.2, 0.25) is 0 Å². The highest BCUT2D eigenvalue weighted by Crippen LogP contribution is 2.19. The smallest absolute Gasteiger partial charge is 0.220 e. The monoisotopic (exact) mass is 377 g/mol. The number of likely N-dealkylation sites (N-methyl/N-ethyl adjacent to an activating group) is 1. The van der Waals surface area contributed by atoms with Gasteiger partial charge in [-0.15, -0.1) is 0 Å². The summed E-state index contributed by atoms with van der Waals surface area (Å²) in [7, 11) is 2.19. The number of piperazine rings is 1. The minimum Gasteiger partial charge on any atom is -0.494 e. The van der Waals surface area contributed by atoms with Crippen molar-refractivity contribution in [2.45, 2.75) is 6.42 Å². The Hall–Kier alpha value is -2.63. The SMILES string of the molecule is CN1CCN(CCCOc2cccc(/C=C/c3nc4ccccc4o3)c2)CC1. The molecule has 2 heterocycles. The Kier molecular flexibility index (Phi) is 6.04. The van der Waals surface area contributed by atoms with Gasteiger partial charge in [-0.05, 0) is 49.4 Å². The molecule has 28 heavy (non-hydrogen) atoms. The van der Waals surface area contributed by atoms with Crippen molar-refractivity contribution in [3.05, 3.63) is 60.0 Å². The van der Waals surface area contributed by atoms with Crippen molar-refractivity contribution < 1.29 is 9.15 Å². The van der Waals surface area contributed by atoms with Gasteiger partial charge in [0.2, 0.25) is 5.89 Å². The van der Waals surface area contributed by atoms with Gasteiger partial charge < -0.3 is 19.0 Å². The molecule has 0 atom stereocenters. The van der Waals surface area contributed by atoms with Crippen LogP contribution in [0.15, 0.2) is 52.9 Å². The molecule has 0 aliphatic carbocycles. The van der Waals surface area contributed by atoms with Crippen LogP contribution in [0.25, 0.3) is 23.3 Å². The summed E-state index contributed by atoms with van der Waals surface area (Å²) in [6.45, 7) is 6.49. The minimum atomic E-state index is 0.611. The van der Waals surface area contributed by atoms with Crippen LogP contribution in [0.3, 0.4) is 0 Å². The van der Waals surface area contributed by atoms with Crippen LogP contribution < -0.4 is 4.74 Å². The first-order chi connectivity index (χ1) is 13.8. The first kappa shape index (κ1) is 18.7. The molecule has 0 amide bonds. The number of ether oxygens (including phenoxy) is 1. The van der Waals surface area contributed by atoms with E-state index in [1.165, 1.54) is 0 Å². The third kappa shape index (κ3) is 5.00. The Bertz CT molecular complexity index is 893. The van der Waals surface area contributed by atoms with E-state index in [1.54, 1.807) is 0 Å². The summed E-state index contributed by atoms with van der Waals surface area (Å²) in [5.74, 6) is 1.51. The Morgan fingerprint density at radius 3 is 2.75 bits per heavy atom. The van der Waals surface area contributed by atoms with Gasteiger partial charge >= 0.3 is 0 Å². The third-order valence-electron chi connectivity index (χ3n) is 5.07. The van der Waals surface area contributed by atoms with E-state index in [9.17, 15) is 0 Å². The lowest BCUT2D eigenvalue weighted by Crippen LogP contribution is -2.44. The van der Waals surface area contributed by atoms with Crippen molar-refractivity contribution in [1.29, 1.82) is 0 Å². The molecule has 1 aliphatic rings. The van der Waals surface area contributed by atoms with Gasteiger partial charge in [-0.3, -0.25) is 0 Å².